The van der Waals surface area contributed by atoms with Gasteiger partial charge in [0.15, 0.2) is 11.5 Å². The van der Waals surface area contributed by atoms with E-state index in [9.17, 15) is 9.59 Å². The molecular formula is C22H21ClN2O4S. The Hall–Kier alpha value is -2.77. The van der Waals surface area contributed by atoms with Crippen LogP contribution in [-0.2, 0) is 0 Å². The normalized spacial score (nSPS) is 13.2. The van der Waals surface area contributed by atoms with Crippen LogP contribution in [0.15, 0.2) is 36.4 Å². The van der Waals surface area contributed by atoms with Crippen LogP contribution >= 0.6 is 22.9 Å². The van der Waals surface area contributed by atoms with Gasteiger partial charge in [0.2, 0.25) is 0 Å². The van der Waals surface area contributed by atoms with Crippen molar-refractivity contribution in [3.8, 4) is 11.5 Å². The Morgan fingerprint density at radius 3 is 2.50 bits per heavy atom. The van der Waals surface area contributed by atoms with Crippen molar-refractivity contribution in [3.05, 3.63) is 51.9 Å². The highest BCUT2D eigenvalue weighted by Crippen LogP contribution is 2.40. The predicted molar refractivity (Wildman–Crippen MR) is 119 cm³/mol. The number of ether oxygens (including phenoxy) is 2. The van der Waals surface area contributed by atoms with E-state index >= 15 is 0 Å². The van der Waals surface area contributed by atoms with Crippen molar-refractivity contribution in [2.75, 3.05) is 18.5 Å². The molecule has 3 aromatic rings. The van der Waals surface area contributed by atoms with Crippen molar-refractivity contribution in [1.29, 1.82) is 0 Å². The van der Waals surface area contributed by atoms with Gasteiger partial charge in [0.25, 0.3) is 11.8 Å². The molecule has 2 heterocycles. The molecule has 2 N–H and O–H groups in total. The van der Waals surface area contributed by atoms with Gasteiger partial charge in [-0.25, -0.2) is 0 Å². The number of halogens is 1. The molecule has 0 aliphatic carbocycles. The molecule has 8 heteroatoms. The number of hydrogen-bond acceptors (Lipinski definition) is 5. The minimum atomic E-state index is -0.383. The number of fused-ring (bicyclic) bond motifs is 2. The predicted octanol–water partition coefficient (Wildman–Crippen LogP) is 5.11. The lowest BCUT2D eigenvalue weighted by Gasteiger charge is -2.19. The molecule has 6 nitrogen and oxygen atoms in total. The molecular weight excluding hydrogens is 424 g/mol. The fraction of sp³-hybridized carbons (Fsp3) is 0.273. The second-order valence-electron chi connectivity index (χ2n) is 7.94. The topological polar surface area (TPSA) is 76.7 Å². The highest BCUT2D eigenvalue weighted by molar-refractivity contribution is 7.22. The standard InChI is InChI=1S/C22H21ClN2O4S/c1-22(2,3)25-21(27)19-17(23)13-5-4-6-14(18(13)30-19)24-20(26)12-7-8-15-16(11-12)29-10-9-28-15/h4-8,11H,9-10H2,1-3H3,(H,24,26)(H,25,27). The molecule has 1 aliphatic heterocycles. The first-order valence-corrected chi connectivity index (χ1v) is 10.7. The van der Waals surface area contributed by atoms with Gasteiger partial charge < -0.3 is 20.1 Å². The molecule has 0 fully saturated rings. The molecule has 1 aliphatic rings. The number of hydrogen-bond donors (Lipinski definition) is 2. The number of nitrogens with one attached hydrogen (secondary N) is 2. The van der Waals surface area contributed by atoms with Crippen LogP contribution < -0.4 is 20.1 Å². The summed E-state index contributed by atoms with van der Waals surface area (Å²) in [7, 11) is 0. The smallest absolute Gasteiger partial charge is 0.263 e. The monoisotopic (exact) mass is 444 g/mol. The van der Waals surface area contributed by atoms with Crippen molar-refractivity contribution >= 4 is 50.5 Å². The number of carbonyl (C=O) groups is 2. The minimum Gasteiger partial charge on any atom is -0.486 e. The summed E-state index contributed by atoms with van der Waals surface area (Å²) >= 11 is 7.75. The first-order valence-electron chi connectivity index (χ1n) is 9.47. The Balaban J connectivity index is 1.64. The van der Waals surface area contributed by atoms with Crippen LogP contribution in [0, 0.1) is 0 Å². The zero-order valence-corrected chi connectivity index (χ0v) is 18.4. The Morgan fingerprint density at radius 2 is 1.77 bits per heavy atom. The number of anilines is 1. The van der Waals surface area contributed by atoms with E-state index in [0.29, 0.717) is 45.9 Å². The molecule has 2 aromatic carbocycles. The summed E-state index contributed by atoms with van der Waals surface area (Å²) in [5, 5.41) is 6.95. The number of benzene rings is 2. The van der Waals surface area contributed by atoms with Crippen molar-refractivity contribution < 1.29 is 19.1 Å². The van der Waals surface area contributed by atoms with Gasteiger partial charge in [0, 0.05) is 16.5 Å². The van der Waals surface area contributed by atoms with Gasteiger partial charge in [-0.05, 0) is 45.0 Å². The third-order valence-electron chi connectivity index (χ3n) is 4.40. The molecule has 0 saturated heterocycles. The van der Waals surface area contributed by atoms with Crippen LogP contribution in [0.3, 0.4) is 0 Å². The Kier molecular flexibility index (Phi) is 5.34. The molecule has 0 spiro atoms. The molecule has 156 valence electrons. The third-order valence-corrected chi connectivity index (χ3v) is 6.14. The van der Waals surface area contributed by atoms with E-state index in [1.807, 2.05) is 26.8 Å². The molecule has 1 aromatic heterocycles. The van der Waals surface area contributed by atoms with Gasteiger partial charge in [0.1, 0.15) is 18.1 Å². The van der Waals surface area contributed by atoms with Gasteiger partial charge in [-0.1, -0.05) is 23.7 Å². The first kappa shape index (κ1) is 20.5. The molecule has 0 unspecified atom stereocenters. The van der Waals surface area contributed by atoms with Gasteiger partial charge in [0.05, 0.1) is 15.4 Å². The van der Waals surface area contributed by atoms with Crippen LogP contribution in [0.5, 0.6) is 11.5 Å². The lowest BCUT2D eigenvalue weighted by Crippen LogP contribution is -2.40. The van der Waals surface area contributed by atoms with Crippen LogP contribution in [0.1, 0.15) is 40.8 Å². The fourth-order valence-corrected chi connectivity index (χ4v) is 4.58. The Labute approximate surface area is 183 Å². The molecule has 0 radical (unpaired) electrons. The molecule has 30 heavy (non-hydrogen) atoms. The summed E-state index contributed by atoms with van der Waals surface area (Å²) in [6.07, 6.45) is 0. The van der Waals surface area contributed by atoms with Crippen LogP contribution in [0.4, 0.5) is 5.69 Å². The first-order chi connectivity index (χ1) is 14.2. The van der Waals surface area contributed by atoms with Crippen LogP contribution in [-0.4, -0.2) is 30.6 Å². The van der Waals surface area contributed by atoms with Crippen molar-refractivity contribution in [2.45, 2.75) is 26.3 Å². The van der Waals surface area contributed by atoms with E-state index in [0.717, 1.165) is 10.1 Å². The lowest BCUT2D eigenvalue weighted by atomic mass is 10.1. The minimum absolute atomic E-state index is 0.238. The number of amides is 2. The summed E-state index contributed by atoms with van der Waals surface area (Å²) in [5.74, 6) is 0.648. The molecule has 4 rings (SSSR count). The van der Waals surface area contributed by atoms with E-state index in [-0.39, 0.29) is 17.4 Å². The highest BCUT2D eigenvalue weighted by atomic mass is 35.5. The van der Waals surface area contributed by atoms with E-state index in [4.69, 9.17) is 21.1 Å². The molecule has 0 atom stereocenters. The van der Waals surface area contributed by atoms with Crippen LogP contribution in [0.25, 0.3) is 10.1 Å². The summed E-state index contributed by atoms with van der Waals surface area (Å²) in [4.78, 5) is 25.9. The average Bonchev–Trinajstić information content (AvgIpc) is 3.04. The van der Waals surface area contributed by atoms with E-state index < -0.39 is 0 Å². The maximum absolute atomic E-state index is 12.8. The summed E-state index contributed by atoms with van der Waals surface area (Å²) in [6.45, 7) is 6.66. The fourth-order valence-electron chi connectivity index (χ4n) is 3.11. The van der Waals surface area contributed by atoms with Gasteiger partial charge in [-0.3, -0.25) is 9.59 Å². The molecule has 0 bridgehead atoms. The van der Waals surface area contributed by atoms with Gasteiger partial charge in [-0.2, -0.15) is 0 Å². The Bertz CT molecular complexity index is 1150. The second-order valence-corrected chi connectivity index (χ2v) is 9.34. The summed E-state index contributed by atoms with van der Waals surface area (Å²) in [5.41, 5.74) is 0.657. The SMILES string of the molecule is CC(C)(C)NC(=O)c1sc2c(NC(=O)c3ccc4c(c3)OCCO4)cccc2c1Cl. The Morgan fingerprint density at radius 1 is 1.03 bits per heavy atom. The molecule has 2 amide bonds. The maximum atomic E-state index is 12.8. The number of carbonyl (C=O) groups excluding carboxylic acids is 2. The zero-order valence-electron chi connectivity index (χ0n) is 16.8. The van der Waals surface area contributed by atoms with Crippen molar-refractivity contribution in [3.63, 3.8) is 0 Å². The van der Waals surface area contributed by atoms with E-state index in [1.165, 1.54) is 11.3 Å². The third kappa shape index (κ3) is 4.08. The largest absolute Gasteiger partial charge is 0.486 e. The van der Waals surface area contributed by atoms with E-state index in [2.05, 4.69) is 10.6 Å². The van der Waals surface area contributed by atoms with Crippen LogP contribution in [0.2, 0.25) is 5.02 Å². The molecule has 0 saturated carbocycles. The second kappa shape index (κ2) is 7.81. The van der Waals surface area contributed by atoms with Crippen molar-refractivity contribution in [1.82, 2.24) is 5.32 Å². The lowest BCUT2D eigenvalue weighted by molar-refractivity contribution is 0.0923. The van der Waals surface area contributed by atoms with Crippen molar-refractivity contribution in [2.24, 2.45) is 0 Å². The van der Waals surface area contributed by atoms with Gasteiger partial charge >= 0.3 is 0 Å². The maximum Gasteiger partial charge on any atom is 0.263 e. The quantitative estimate of drug-likeness (QED) is 0.588. The summed E-state index contributed by atoms with van der Waals surface area (Å²) in [6, 6.07) is 10.5. The summed E-state index contributed by atoms with van der Waals surface area (Å²) < 4.78 is 11.8. The van der Waals surface area contributed by atoms with Gasteiger partial charge in [-0.15, -0.1) is 11.3 Å². The number of rotatable bonds is 3. The average molecular weight is 445 g/mol. The zero-order chi connectivity index (χ0) is 21.5. The highest BCUT2D eigenvalue weighted by Gasteiger charge is 2.23. The van der Waals surface area contributed by atoms with E-state index in [1.54, 1.807) is 30.3 Å². The number of thiophene rings is 1.